The molecule has 3 aromatic rings. The number of carbonyl (C=O) groups is 1. The Morgan fingerprint density at radius 3 is 2.74 bits per heavy atom. The van der Waals surface area contributed by atoms with Gasteiger partial charge in [0.25, 0.3) is 11.8 Å². The Kier molecular flexibility index (Phi) is 4.42. The molecule has 1 aromatic carbocycles. The van der Waals surface area contributed by atoms with Crippen molar-refractivity contribution in [3.05, 3.63) is 66.2 Å². The van der Waals surface area contributed by atoms with Crippen LogP contribution in [0.25, 0.3) is 11.5 Å². The van der Waals surface area contributed by atoms with E-state index in [2.05, 4.69) is 15.1 Å². The lowest BCUT2D eigenvalue weighted by Gasteiger charge is -2.15. The molecule has 0 aliphatic carbocycles. The van der Waals surface area contributed by atoms with E-state index in [-0.39, 0.29) is 5.91 Å². The summed E-state index contributed by atoms with van der Waals surface area (Å²) >= 11 is 0. The van der Waals surface area contributed by atoms with Crippen molar-refractivity contribution in [2.75, 3.05) is 13.6 Å². The highest BCUT2D eigenvalue weighted by Crippen LogP contribution is 2.16. The summed E-state index contributed by atoms with van der Waals surface area (Å²) in [7, 11) is 1.74. The fourth-order valence-electron chi connectivity index (χ4n) is 2.13. The van der Waals surface area contributed by atoms with Gasteiger partial charge in [-0.1, -0.05) is 23.4 Å². The third-order valence-corrected chi connectivity index (χ3v) is 3.41. The van der Waals surface area contributed by atoms with Gasteiger partial charge in [0.1, 0.15) is 0 Å². The Hall–Kier alpha value is -3.02. The van der Waals surface area contributed by atoms with E-state index in [0.29, 0.717) is 30.2 Å². The Labute approximate surface area is 133 Å². The van der Waals surface area contributed by atoms with Crippen molar-refractivity contribution in [3.63, 3.8) is 0 Å². The molecule has 0 spiro atoms. The zero-order chi connectivity index (χ0) is 16.1. The van der Waals surface area contributed by atoms with E-state index in [1.165, 1.54) is 0 Å². The first-order chi connectivity index (χ1) is 11.2. The van der Waals surface area contributed by atoms with Gasteiger partial charge in [0.2, 0.25) is 0 Å². The summed E-state index contributed by atoms with van der Waals surface area (Å²) < 4.78 is 5.25. The largest absolute Gasteiger partial charge is 0.341 e. The number of carbonyl (C=O) groups excluding carboxylic acids is 1. The van der Waals surface area contributed by atoms with Gasteiger partial charge in [-0.05, 0) is 24.3 Å². The molecular weight excluding hydrogens is 292 g/mol. The lowest BCUT2D eigenvalue weighted by atomic mass is 10.2. The third-order valence-electron chi connectivity index (χ3n) is 3.41. The van der Waals surface area contributed by atoms with E-state index < -0.39 is 0 Å². The Morgan fingerprint density at radius 2 is 2.00 bits per heavy atom. The maximum atomic E-state index is 12.2. The number of pyridine rings is 1. The molecule has 6 heteroatoms. The summed E-state index contributed by atoms with van der Waals surface area (Å²) in [6, 6.07) is 13.1. The van der Waals surface area contributed by atoms with Crippen LogP contribution in [0, 0.1) is 0 Å². The second-order valence-electron chi connectivity index (χ2n) is 5.10. The maximum absolute atomic E-state index is 12.2. The van der Waals surface area contributed by atoms with Gasteiger partial charge in [0, 0.05) is 38.0 Å². The molecule has 6 nitrogen and oxygen atoms in total. The van der Waals surface area contributed by atoms with E-state index in [1.807, 2.05) is 30.3 Å². The molecule has 2 heterocycles. The maximum Gasteiger partial charge on any atom is 0.257 e. The highest BCUT2D eigenvalue weighted by atomic mass is 16.5. The molecule has 116 valence electrons. The number of hydrogen-bond donors (Lipinski definition) is 0. The van der Waals surface area contributed by atoms with Gasteiger partial charge in [0.05, 0.1) is 5.56 Å². The van der Waals surface area contributed by atoms with E-state index in [1.54, 1.807) is 36.5 Å². The predicted octanol–water partition coefficient (Wildman–Crippen LogP) is 2.45. The van der Waals surface area contributed by atoms with Gasteiger partial charge >= 0.3 is 0 Å². The number of benzene rings is 1. The summed E-state index contributed by atoms with van der Waals surface area (Å²) in [5.74, 6) is 0.987. The molecule has 0 fully saturated rings. The molecule has 0 atom stereocenters. The van der Waals surface area contributed by atoms with Crippen LogP contribution in [0.5, 0.6) is 0 Å². The average molecular weight is 308 g/mol. The van der Waals surface area contributed by atoms with E-state index >= 15 is 0 Å². The Morgan fingerprint density at radius 1 is 1.17 bits per heavy atom. The van der Waals surface area contributed by atoms with Crippen LogP contribution in [-0.2, 0) is 6.42 Å². The molecule has 0 aliphatic rings. The molecule has 1 amide bonds. The van der Waals surface area contributed by atoms with Crippen LogP contribution in [0.3, 0.4) is 0 Å². The third kappa shape index (κ3) is 3.60. The minimum Gasteiger partial charge on any atom is -0.341 e. The van der Waals surface area contributed by atoms with Crippen LogP contribution in [0.1, 0.15) is 16.2 Å². The zero-order valence-corrected chi connectivity index (χ0v) is 12.7. The minimum absolute atomic E-state index is 0.0788. The average Bonchev–Trinajstić information content (AvgIpc) is 3.09. The molecule has 0 unspecified atom stereocenters. The SMILES string of the molecule is CN(CCc1noc(-c2ccccc2)n1)C(=O)c1cccnc1. The normalized spacial score (nSPS) is 10.5. The van der Waals surface area contributed by atoms with Crippen LogP contribution in [-0.4, -0.2) is 39.5 Å². The summed E-state index contributed by atoms with van der Waals surface area (Å²) in [4.78, 5) is 22.1. The van der Waals surface area contributed by atoms with Crippen molar-refractivity contribution in [1.82, 2.24) is 20.0 Å². The van der Waals surface area contributed by atoms with Gasteiger partial charge in [0.15, 0.2) is 5.82 Å². The molecule has 0 aliphatic heterocycles. The highest BCUT2D eigenvalue weighted by molar-refractivity contribution is 5.93. The molecule has 0 saturated heterocycles. The Bertz CT molecular complexity index is 772. The number of aromatic nitrogens is 3. The first kappa shape index (κ1) is 14.9. The summed E-state index contributed by atoms with van der Waals surface area (Å²) in [5.41, 5.74) is 1.44. The molecule has 23 heavy (non-hydrogen) atoms. The van der Waals surface area contributed by atoms with Crippen LogP contribution in [0.4, 0.5) is 0 Å². The number of amides is 1. The molecule has 0 bridgehead atoms. The summed E-state index contributed by atoms with van der Waals surface area (Å²) in [5, 5.41) is 3.96. The zero-order valence-electron chi connectivity index (χ0n) is 12.7. The van der Waals surface area contributed by atoms with Crippen molar-refractivity contribution < 1.29 is 9.32 Å². The van der Waals surface area contributed by atoms with E-state index in [4.69, 9.17) is 4.52 Å². The van der Waals surface area contributed by atoms with Crippen LogP contribution in [0.2, 0.25) is 0 Å². The van der Waals surface area contributed by atoms with Gasteiger partial charge in [-0.25, -0.2) is 0 Å². The topological polar surface area (TPSA) is 72.1 Å². The van der Waals surface area contributed by atoms with E-state index in [0.717, 1.165) is 5.56 Å². The lowest BCUT2D eigenvalue weighted by molar-refractivity contribution is 0.0795. The first-order valence-corrected chi connectivity index (χ1v) is 7.27. The second-order valence-corrected chi connectivity index (χ2v) is 5.10. The van der Waals surface area contributed by atoms with Crippen molar-refractivity contribution in [3.8, 4) is 11.5 Å². The standard InChI is InChI=1S/C17H16N4O2/c1-21(17(22)14-8-5-10-18-12-14)11-9-15-19-16(23-20-15)13-6-3-2-4-7-13/h2-8,10,12H,9,11H2,1H3. The number of rotatable bonds is 5. The molecule has 3 rings (SSSR count). The lowest BCUT2D eigenvalue weighted by Crippen LogP contribution is -2.29. The van der Waals surface area contributed by atoms with Crippen LogP contribution < -0.4 is 0 Å². The van der Waals surface area contributed by atoms with Crippen molar-refractivity contribution in [1.29, 1.82) is 0 Å². The van der Waals surface area contributed by atoms with E-state index in [9.17, 15) is 4.79 Å². The number of likely N-dealkylation sites (N-methyl/N-ethyl adjacent to an activating group) is 1. The van der Waals surface area contributed by atoms with Crippen molar-refractivity contribution in [2.24, 2.45) is 0 Å². The fraction of sp³-hybridized carbons (Fsp3) is 0.176. The molecule has 2 aromatic heterocycles. The van der Waals surface area contributed by atoms with Gasteiger partial charge in [-0.15, -0.1) is 0 Å². The van der Waals surface area contributed by atoms with Crippen molar-refractivity contribution in [2.45, 2.75) is 6.42 Å². The first-order valence-electron chi connectivity index (χ1n) is 7.27. The Balaban J connectivity index is 1.61. The van der Waals surface area contributed by atoms with Gasteiger partial charge in [-0.2, -0.15) is 4.98 Å². The predicted molar refractivity (Wildman–Crippen MR) is 84.6 cm³/mol. The summed E-state index contributed by atoms with van der Waals surface area (Å²) in [6.45, 7) is 0.501. The second kappa shape index (κ2) is 6.83. The molecule has 0 saturated carbocycles. The van der Waals surface area contributed by atoms with Gasteiger partial charge < -0.3 is 9.42 Å². The van der Waals surface area contributed by atoms with Crippen LogP contribution >= 0.6 is 0 Å². The van der Waals surface area contributed by atoms with Gasteiger partial charge in [-0.3, -0.25) is 9.78 Å². The fourth-order valence-corrected chi connectivity index (χ4v) is 2.13. The highest BCUT2D eigenvalue weighted by Gasteiger charge is 2.14. The molecular formula is C17H16N4O2. The minimum atomic E-state index is -0.0788. The monoisotopic (exact) mass is 308 g/mol. The van der Waals surface area contributed by atoms with Crippen molar-refractivity contribution >= 4 is 5.91 Å². The molecule has 0 N–H and O–H groups in total. The van der Waals surface area contributed by atoms with Crippen LogP contribution in [0.15, 0.2) is 59.4 Å². The number of hydrogen-bond acceptors (Lipinski definition) is 5. The summed E-state index contributed by atoms with van der Waals surface area (Å²) in [6.07, 6.45) is 3.72. The smallest absolute Gasteiger partial charge is 0.257 e. The quantitative estimate of drug-likeness (QED) is 0.724. The number of nitrogens with zero attached hydrogens (tertiary/aromatic N) is 4. The molecule has 0 radical (unpaired) electrons.